The standard InChI is InChI=1S/C22H24N2O/c1-22(2,3)20-12-23-21(25-20)15-24-13-16-8-4-6-10-18(16)19-11-7-5-9-17(19)14-24/h4-12H,13-15H2,1-3H3. The number of benzene rings is 2. The molecule has 2 heterocycles. The van der Waals surface area contributed by atoms with Crippen molar-refractivity contribution >= 4 is 0 Å². The van der Waals surface area contributed by atoms with Crippen molar-refractivity contribution in [1.82, 2.24) is 9.88 Å². The Labute approximate surface area is 149 Å². The average molecular weight is 332 g/mol. The number of nitrogens with zero attached hydrogens (tertiary/aromatic N) is 2. The Bertz CT molecular complexity index is 841. The lowest BCUT2D eigenvalue weighted by Crippen LogP contribution is -2.21. The zero-order chi connectivity index (χ0) is 17.4. The molecule has 0 aliphatic carbocycles. The second kappa shape index (κ2) is 6.16. The van der Waals surface area contributed by atoms with Gasteiger partial charge in [-0.15, -0.1) is 0 Å². The van der Waals surface area contributed by atoms with Crippen LogP contribution in [0.5, 0.6) is 0 Å². The number of aromatic nitrogens is 1. The third-order valence-electron chi connectivity index (χ3n) is 4.76. The molecule has 1 aliphatic heterocycles. The number of oxazole rings is 1. The van der Waals surface area contributed by atoms with E-state index in [4.69, 9.17) is 4.42 Å². The summed E-state index contributed by atoms with van der Waals surface area (Å²) in [7, 11) is 0. The van der Waals surface area contributed by atoms with E-state index in [9.17, 15) is 0 Å². The van der Waals surface area contributed by atoms with Crippen LogP contribution in [0.1, 0.15) is 43.5 Å². The molecule has 2 aromatic carbocycles. The zero-order valence-electron chi connectivity index (χ0n) is 15.1. The number of rotatable bonds is 2. The molecule has 0 unspecified atom stereocenters. The molecule has 0 amide bonds. The molecule has 1 aliphatic rings. The van der Waals surface area contributed by atoms with Gasteiger partial charge in [0.25, 0.3) is 0 Å². The Morgan fingerprint density at radius 3 is 2.00 bits per heavy atom. The minimum atomic E-state index is -0.0107. The van der Waals surface area contributed by atoms with E-state index in [2.05, 4.69) is 79.2 Å². The van der Waals surface area contributed by atoms with E-state index in [1.54, 1.807) is 0 Å². The lowest BCUT2D eigenvalue weighted by Gasteiger charge is -2.19. The van der Waals surface area contributed by atoms with Gasteiger partial charge in [0.15, 0.2) is 0 Å². The lowest BCUT2D eigenvalue weighted by atomic mass is 9.94. The molecule has 0 saturated heterocycles. The molecule has 4 rings (SSSR count). The zero-order valence-corrected chi connectivity index (χ0v) is 15.1. The number of fused-ring (bicyclic) bond motifs is 3. The van der Waals surface area contributed by atoms with Crippen LogP contribution in [0.2, 0.25) is 0 Å². The third kappa shape index (κ3) is 3.24. The van der Waals surface area contributed by atoms with Gasteiger partial charge in [0, 0.05) is 18.5 Å². The molecule has 3 nitrogen and oxygen atoms in total. The highest BCUT2D eigenvalue weighted by Gasteiger charge is 2.22. The Kier molecular flexibility index (Phi) is 3.97. The predicted octanol–water partition coefficient (Wildman–Crippen LogP) is 5.15. The van der Waals surface area contributed by atoms with Crippen molar-refractivity contribution in [1.29, 1.82) is 0 Å². The van der Waals surface area contributed by atoms with Crippen molar-refractivity contribution in [3.63, 3.8) is 0 Å². The Hall–Kier alpha value is -2.39. The van der Waals surface area contributed by atoms with Crippen molar-refractivity contribution in [3.8, 4) is 11.1 Å². The molecule has 3 heteroatoms. The minimum absolute atomic E-state index is 0.0107. The van der Waals surface area contributed by atoms with Gasteiger partial charge in [-0.3, -0.25) is 4.90 Å². The summed E-state index contributed by atoms with van der Waals surface area (Å²) in [5.74, 6) is 1.74. The van der Waals surface area contributed by atoms with E-state index in [0.29, 0.717) is 0 Å². The first-order chi connectivity index (χ1) is 12.0. The summed E-state index contributed by atoms with van der Waals surface area (Å²) in [6.07, 6.45) is 1.87. The van der Waals surface area contributed by atoms with Crippen LogP contribution in [0.4, 0.5) is 0 Å². The van der Waals surface area contributed by atoms with Gasteiger partial charge in [0.2, 0.25) is 5.89 Å². The van der Waals surface area contributed by atoms with Gasteiger partial charge >= 0.3 is 0 Å². The van der Waals surface area contributed by atoms with Gasteiger partial charge in [-0.05, 0) is 22.3 Å². The van der Waals surface area contributed by atoms with Crippen LogP contribution >= 0.6 is 0 Å². The molecule has 0 saturated carbocycles. The van der Waals surface area contributed by atoms with E-state index in [0.717, 1.165) is 31.3 Å². The molecule has 0 bridgehead atoms. The van der Waals surface area contributed by atoms with Crippen LogP contribution in [0.3, 0.4) is 0 Å². The highest BCUT2D eigenvalue weighted by molar-refractivity contribution is 5.71. The highest BCUT2D eigenvalue weighted by Crippen LogP contribution is 2.33. The average Bonchev–Trinajstić information content (AvgIpc) is 2.98. The molecule has 1 aromatic heterocycles. The van der Waals surface area contributed by atoms with Crippen LogP contribution in [0, 0.1) is 0 Å². The molecule has 0 fully saturated rings. The third-order valence-corrected chi connectivity index (χ3v) is 4.76. The maximum atomic E-state index is 6.01. The predicted molar refractivity (Wildman–Crippen MR) is 100 cm³/mol. The largest absolute Gasteiger partial charge is 0.444 e. The summed E-state index contributed by atoms with van der Waals surface area (Å²) in [4.78, 5) is 6.92. The number of hydrogen-bond donors (Lipinski definition) is 0. The van der Waals surface area contributed by atoms with E-state index >= 15 is 0 Å². The number of hydrogen-bond acceptors (Lipinski definition) is 3. The first kappa shape index (κ1) is 16.1. The fraction of sp³-hybridized carbons (Fsp3) is 0.318. The molecule has 0 radical (unpaired) electrons. The monoisotopic (exact) mass is 332 g/mol. The molecule has 0 N–H and O–H groups in total. The van der Waals surface area contributed by atoms with Crippen molar-refractivity contribution in [2.75, 3.05) is 0 Å². The van der Waals surface area contributed by atoms with Crippen LogP contribution < -0.4 is 0 Å². The first-order valence-corrected chi connectivity index (χ1v) is 8.84. The van der Waals surface area contributed by atoms with Crippen LogP contribution in [-0.4, -0.2) is 9.88 Å². The Balaban J connectivity index is 1.66. The fourth-order valence-electron chi connectivity index (χ4n) is 3.41. The second-order valence-corrected chi connectivity index (χ2v) is 7.83. The summed E-state index contributed by atoms with van der Waals surface area (Å²) in [6.45, 7) is 8.97. The van der Waals surface area contributed by atoms with Gasteiger partial charge in [0.1, 0.15) is 5.76 Å². The van der Waals surface area contributed by atoms with Crippen molar-refractivity contribution in [2.24, 2.45) is 0 Å². The lowest BCUT2D eigenvalue weighted by molar-refractivity contribution is 0.219. The second-order valence-electron chi connectivity index (χ2n) is 7.83. The molecular formula is C22H24N2O. The van der Waals surface area contributed by atoms with Crippen molar-refractivity contribution in [3.05, 3.63) is 77.5 Å². The Morgan fingerprint density at radius 1 is 0.920 bits per heavy atom. The van der Waals surface area contributed by atoms with Crippen LogP contribution in [0.25, 0.3) is 11.1 Å². The molecule has 25 heavy (non-hydrogen) atoms. The van der Waals surface area contributed by atoms with Crippen molar-refractivity contribution < 1.29 is 4.42 Å². The normalized spacial score (nSPS) is 14.7. The maximum Gasteiger partial charge on any atom is 0.208 e. The van der Waals surface area contributed by atoms with Crippen LogP contribution in [-0.2, 0) is 25.0 Å². The summed E-state index contributed by atoms with van der Waals surface area (Å²) in [6, 6.07) is 17.4. The summed E-state index contributed by atoms with van der Waals surface area (Å²) < 4.78 is 6.01. The van der Waals surface area contributed by atoms with E-state index in [1.807, 2.05) is 6.20 Å². The summed E-state index contributed by atoms with van der Waals surface area (Å²) in [5, 5.41) is 0. The van der Waals surface area contributed by atoms with E-state index in [1.165, 1.54) is 22.3 Å². The molecule has 0 spiro atoms. The first-order valence-electron chi connectivity index (χ1n) is 8.84. The summed E-state index contributed by atoms with van der Waals surface area (Å²) in [5.41, 5.74) is 5.38. The summed E-state index contributed by atoms with van der Waals surface area (Å²) >= 11 is 0. The fourth-order valence-corrected chi connectivity index (χ4v) is 3.41. The van der Waals surface area contributed by atoms with E-state index in [-0.39, 0.29) is 5.41 Å². The Morgan fingerprint density at radius 2 is 1.48 bits per heavy atom. The minimum Gasteiger partial charge on any atom is -0.444 e. The topological polar surface area (TPSA) is 29.3 Å². The van der Waals surface area contributed by atoms with Crippen molar-refractivity contribution in [2.45, 2.75) is 45.8 Å². The maximum absolute atomic E-state index is 6.01. The smallest absolute Gasteiger partial charge is 0.208 e. The van der Waals surface area contributed by atoms with Gasteiger partial charge in [-0.25, -0.2) is 4.98 Å². The highest BCUT2D eigenvalue weighted by atomic mass is 16.4. The SMILES string of the molecule is CC(C)(C)c1cnc(CN2Cc3ccccc3-c3ccccc3C2)o1. The molecule has 3 aromatic rings. The van der Waals surface area contributed by atoms with E-state index < -0.39 is 0 Å². The van der Waals surface area contributed by atoms with Gasteiger partial charge in [-0.2, -0.15) is 0 Å². The quantitative estimate of drug-likeness (QED) is 0.649. The van der Waals surface area contributed by atoms with Gasteiger partial charge < -0.3 is 4.42 Å². The van der Waals surface area contributed by atoms with Gasteiger partial charge in [-0.1, -0.05) is 69.3 Å². The molecular weight excluding hydrogens is 308 g/mol. The molecule has 128 valence electrons. The van der Waals surface area contributed by atoms with Crippen LogP contribution in [0.15, 0.2) is 59.1 Å². The molecule has 0 atom stereocenters. The van der Waals surface area contributed by atoms with Gasteiger partial charge in [0.05, 0.1) is 12.7 Å².